The third-order valence-electron chi connectivity index (χ3n) is 2.98. The summed E-state index contributed by atoms with van der Waals surface area (Å²) in [6.45, 7) is 1.99. The molecule has 0 fully saturated rings. The second kappa shape index (κ2) is 5.52. The number of hydrazine groups is 1. The number of hydrogen-bond donors (Lipinski definition) is 2. The Balaban J connectivity index is 2.19. The van der Waals surface area contributed by atoms with Crippen LogP contribution in [0, 0.1) is 6.92 Å². The zero-order valence-electron chi connectivity index (χ0n) is 10.5. The van der Waals surface area contributed by atoms with E-state index in [0.717, 1.165) is 22.7 Å². The molecule has 5 heteroatoms. The van der Waals surface area contributed by atoms with Crippen molar-refractivity contribution in [2.24, 2.45) is 12.9 Å². The van der Waals surface area contributed by atoms with Crippen molar-refractivity contribution in [2.45, 2.75) is 19.4 Å². The molecule has 0 radical (unpaired) electrons. The highest BCUT2D eigenvalue weighted by atomic mass is 35.5. The average molecular weight is 265 g/mol. The number of aryl methyl sites for hydroxylation is 2. The van der Waals surface area contributed by atoms with E-state index in [4.69, 9.17) is 17.4 Å². The predicted molar refractivity (Wildman–Crippen MR) is 73.2 cm³/mol. The summed E-state index contributed by atoms with van der Waals surface area (Å²) in [5, 5.41) is 5.08. The lowest BCUT2D eigenvalue weighted by atomic mass is 10.0. The molecule has 1 atom stereocenters. The van der Waals surface area contributed by atoms with Gasteiger partial charge in [-0.3, -0.25) is 16.0 Å². The number of aromatic nitrogens is 2. The molecule has 1 unspecified atom stereocenters. The molecule has 0 spiro atoms. The van der Waals surface area contributed by atoms with E-state index in [-0.39, 0.29) is 6.04 Å². The van der Waals surface area contributed by atoms with Crippen molar-refractivity contribution in [3.63, 3.8) is 0 Å². The minimum absolute atomic E-state index is 0.0554. The van der Waals surface area contributed by atoms with Crippen LogP contribution in [-0.4, -0.2) is 9.78 Å². The van der Waals surface area contributed by atoms with Crippen molar-refractivity contribution in [3.05, 3.63) is 52.3 Å². The Labute approximate surface area is 112 Å². The van der Waals surface area contributed by atoms with E-state index in [1.807, 2.05) is 44.4 Å². The Morgan fingerprint density at radius 3 is 2.56 bits per heavy atom. The number of nitrogens with one attached hydrogen (secondary N) is 1. The molecule has 0 bridgehead atoms. The summed E-state index contributed by atoms with van der Waals surface area (Å²) in [7, 11) is 1.91. The summed E-state index contributed by atoms with van der Waals surface area (Å²) < 4.78 is 1.80. The summed E-state index contributed by atoms with van der Waals surface area (Å²) >= 11 is 5.87. The Bertz CT molecular complexity index is 518. The molecule has 96 valence electrons. The van der Waals surface area contributed by atoms with Gasteiger partial charge in [0.2, 0.25) is 0 Å². The maximum atomic E-state index is 5.87. The van der Waals surface area contributed by atoms with Gasteiger partial charge in [0.25, 0.3) is 0 Å². The van der Waals surface area contributed by atoms with Crippen LogP contribution in [0.5, 0.6) is 0 Å². The van der Waals surface area contributed by atoms with E-state index in [1.165, 1.54) is 5.56 Å². The summed E-state index contributed by atoms with van der Waals surface area (Å²) in [5.41, 5.74) is 6.15. The molecule has 1 heterocycles. The van der Waals surface area contributed by atoms with Gasteiger partial charge in [-0.1, -0.05) is 23.7 Å². The van der Waals surface area contributed by atoms with Crippen LogP contribution < -0.4 is 11.3 Å². The van der Waals surface area contributed by atoms with Gasteiger partial charge in [-0.25, -0.2) is 0 Å². The van der Waals surface area contributed by atoms with E-state index in [0.29, 0.717) is 0 Å². The number of rotatable bonds is 4. The fourth-order valence-corrected chi connectivity index (χ4v) is 2.20. The summed E-state index contributed by atoms with van der Waals surface area (Å²) in [4.78, 5) is 0. The summed E-state index contributed by atoms with van der Waals surface area (Å²) in [6, 6.07) is 7.86. The van der Waals surface area contributed by atoms with Gasteiger partial charge in [0, 0.05) is 23.8 Å². The molecule has 2 rings (SSSR count). The quantitative estimate of drug-likeness (QED) is 0.657. The highest BCUT2D eigenvalue weighted by molar-refractivity contribution is 6.30. The molecule has 0 aliphatic rings. The smallest absolute Gasteiger partial charge is 0.0642 e. The average Bonchev–Trinajstić information content (AvgIpc) is 2.68. The minimum Gasteiger partial charge on any atom is -0.275 e. The highest BCUT2D eigenvalue weighted by Crippen LogP contribution is 2.21. The number of nitrogens with two attached hydrogens (primary N) is 1. The van der Waals surface area contributed by atoms with Crippen molar-refractivity contribution in [2.75, 3.05) is 0 Å². The number of nitrogens with zero attached hydrogens (tertiary/aromatic N) is 2. The first-order chi connectivity index (χ1) is 8.60. The van der Waals surface area contributed by atoms with Gasteiger partial charge in [0.15, 0.2) is 0 Å². The predicted octanol–water partition coefficient (Wildman–Crippen LogP) is 2.13. The standard InChI is InChI=1S/C13H17ClN4/c1-9-12(8-18(2)17-9)13(16-15)7-10-3-5-11(14)6-4-10/h3-6,8,13,16H,7,15H2,1-2H3. The fourth-order valence-electron chi connectivity index (χ4n) is 2.07. The van der Waals surface area contributed by atoms with Crippen molar-refractivity contribution < 1.29 is 0 Å². The molecular formula is C13H17ClN4. The molecule has 2 aromatic rings. The SMILES string of the molecule is Cc1nn(C)cc1C(Cc1ccc(Cl)cc1)NN. The van der Waals surface area contributed by atoms with Crippen molar-refractivity contribution in [3.8, 4) is 0 Å². The molecular weight excluding hydrogens is 248 g/mol. The summed E-state index contributed by atoms with van der Waals surface area (Å²) in [6.07, 6.45) is 2.80. The first kappa shape index (κ1) is 13.1. The first-order valence-corrected chi connectivity index (χ1v) is 6.18. The zero-order valence-corrected chi connectivity index (χ0v) is 11.3. The van der Waals surface area contributed by atoms with Gasteiger partial charge in [-0.15, -0.1) is 0 Å². The van der Waals surface area contributed by atoms with Crippen molar-refractivity contribution >= 4 is 11.6 Å². The second-order valence-electron chi connectivity index (χ2n) is 4.39. The first-order valence-electron chi connectivity index (χ1n) is 5.81. The Hall–Kier alpha value is -1.36. The topological polar surface area (TPSA) is 55.9 Å². The zero-order chi connectivity index (χ0) is 13.1. The molecule has 0 saturated carbocycles. The van der Waals surface area contributed by atoms with Crippen LogP contribution in [0.4, 0.5) is 0 Å². The highest BCUT2D eigenvalue weighted by Gasteiger charge is 2.15. The number of hydrogen-bond acceptors (Lipinski definition) is 3. The Morgan fingerprint density at radius 2 is 2.06 bits per heavy atom. The largest absolute Gasteiger partial charge is 0.275 e. The third kappa shape index (κ3) is 2.90. The molecule has 1 aromatic carbocycles. The van der Waals surface area contributed by atoms with Crippen molar-refractivity contribution in [1.29, 1.82) is 0 Å². The molecule has 0 aliphatic carbocycles. The van der Waals surface area contributed by atoms with Crippen molar-refractivity contribution in [1.82, 2.24) is 15.2 Å². The number of benzene rings is 1. The fraction of sp³-hybridized carbons (Fsp3) is 0.308. The maximum absolute atomic E-state index is 5.87. The Kier molecular flexibility index (Phi) is 4.01. The summed E-state index contributed by atoms with van der Waals surface area (Å²) in [5.74, 6) is 5.65. The van der Waals surface area contributed by atoms with Gasteiger partial charge in [0.1, 0.15) is 0 Å². The molecule has 0 aliphatic heterocycles. The van der Waals surface area contributed by atoms with Crippen LogP contribution in [-0.2, 0) is 13.5 Å². The van der Waals surface area contributed by atoms with Gasteiger partial charge in [0.05, 0.1) is 11.7 Å². The molecule has 18 heavy (non-hydrogen) atoms. The van der Waals surface area contributed by atoms with E-state index < -0.39 is 0 Å². The van der Waals surface area contributed by atoms with E-state index >= 15 is 0 Å². The van der Waals surface area contributed by atoms with Crippen LogP contribution >= 0.6 is 11.6 Å². The molecule has 3 N–H and O–H groups in total. The van der Waals surface area contributed by atoms with Crippen LogP contribution in [0.1, 0.15) is 22.9 Å². The maximum Gasteiger partial charge on any atom is 0.0642 e. The van der Waals surface area contributed by atoms with Gasteiger partial charge in [-0.05, 0) is 31.0 Å². The Morgan fingerprint density at radius 1 is 1.39 bits per heavy atom. The van der Waals surface area contributed by atoms with E-state index in [2.05, 4.69) is 10.5 Å². The lowest BCUT2D eigenvalue weighted by molar-refractivity contribution is 0.549. The van der Waals surface area contributed by atoms with Crippen LogP contribution in [0.3, 0.4) is 0 Å². The normalized spacial score (nSPS) is 12.7. The lowest BCUT2D eigenvalue weighted by Gasteiger charge is -2.15. The van der Waals surface area contributed by atoms with Crippen LogP contribution in [0.15, 0.2) is 30.5 Å². The molecule has 1 aromatic heterocycles. The molecule has 0 saturated heterocycles. The molecule has 4 nitrogen and oxygen atoms in total. The van der Waals surface area contributed by atoms with E-state index in [9.17, 15) is 0 Å². The third-order valence-corrected chi connectivity index (χ3v) is 3.23. The van der Waals surface area contributed by atoms with Crippen LogP contribution in [0.2, 0.25) is 5.02 Å². The van der Waals surface area contributed by atoms with E-state index in [1.54, 1.807) is 4.68 Å². The second-order valence-corrected chi connectivity index (χ2v) is 4.83. The van der Waals surface area contributed by atoms with Gasteiger partial charge < -0.3 is 0 Å². The van der Waals surface area contributed by atoms with Crippen LogP contribution in [0.25, 0.3) is 0 Å². The van der Waals surface area contributed by atoms with Gasteiger partial charge in [-0.2, -0.15) is 5.10 Å². The monoisotopic (exact) mass is 264 g/mol. The van der Waals surface area contributed by atoms with Gasteiger partial charge >= 0.3 is 0 Å². The number of halogens is 1. The molecule has 0 amide bonds. The lowest BCUT2D eigenvalue weighted by Crippen LogP contribution is -2.29. The minimum atomic E-state index is 0.0554.